The topological polar surface area (TPSA) is 74.0 Å². The molecular formula is C24H31ClN2O4. The van der Waals surface area contributed by atoms with Gasteiger partial charge >= 0.3 is 6.03 Å². The lowest BCUT2D eigenvalue weighted by Crippen LogP contribution is -2.39. The largest absolute Gasteiger partial charge is 0.493 e. The summed E-state index contributed by atoms with van der Waals surface area (Å²) in [5, 5.41) is 0. The average Bonchev–Trinajstić information content (AvgIpc) is 3.59. The number of nitrogens with zero attached hydrogens (tertiary/aromatic N) is 1. The highest BCUT2D eigenvalue weighted by Gasteiger charge is 2.32. The van der Waals surface area contributed by atoms with E-state index in [1.54, 1.807) is 0 Å². The smallest absolute Gasteiger partial charge is 0.316 e. The predicted molar refractivity (Wildman–Crippen MR) is 122 cm³/mol. The highest BCUT2D eigenvalue weighted by atomic mass is 35.5. The molecule has 1 unspecified atom stereocenters. The van der Waals surface area contributed by atoms with E-state index in [-0.39, 0.29) is 6.54 Å². The Hall–Kier alpha value is -2.44. The SMILES string of the molecule is CCOc1cc(C(Cl)N(CCOCc2ccccc2)C(N)=O)cc(OCC)c1C1CC1. The number of carbonyl (C=O) groups is 1. The van der Waals surface area contributed by atoms with E-state index < -0.39 is 11.5 Å². The summed E-state index contributed by atoms with van der Waals surface area (Å²) in [6.07, 6.45) is 2.24. The second-order valence-corrected chi connectivity index (χ2v) is 7.89. The van der Waals surface area contributed by atoms with Crippen molar-refractivity contribution in [2.45, 2.75) is 44.7 Å². The zero-order chi connectivity index (χ0) is 22.2. The van der Waals surface area contributed by atoms with Crippen LogP contribution in [0.5, 0.6) is 11.5 Å². The molecule has 1 aliphatic carbocycles. The van der Waals surface area contributed by atoms with Crippen LogP contribution in [0, 0.1) is 0 Å². The molecule has 168 valence electrons. The normalized spacial score (nSPS) is 14.2. The molecule has 0 aliphatic heterocycles. The first-order valence-electron chi connectivity index (χ1n) is 10.8. The van der Waals surface area contributed by atoms with Gasteiger partial charge in [-0.05, 0) is 55.9 Å². The van der Waals surface area contributed by atoms with Crippen molar-refractivity contribution in [1.29, 1.82) is 0 Å². The lowest BCUT2D eigenvalue weighted by molar-refractivity contribution is 0.0972. The fourth-order valence-electron chi connectivity index (χ4n) is 3.53. The number of hydrogen-bond donors (Lipinski definition) is 1. The van der Waals surface area contributed by atoms with E-state index in [2.05, 4.69) is 0 Å². The minimum Gasteiger partial charge on any atom is -0.493 e. The lowest BCUT2D eigenvalue weighted by Gasteiger charge is -2.27. The van der Waals surface area contributed by atoms with Crippen LogP contribution in [0.2, 0.25) is 0 Å². The molecule has 2 amide bonds. The zero-order valence-corrected chi connectivity index (χ0v) is 18.9. The van der Waals surface area contributed by atoms with Gasteiger partial charge in [0.15, 0.2) is 0 Å². The molecule has 1 atom stereocenters. The Balaban J connectivity index is 1.74. The van der Waals surface area contributed by atoms with E-state index in [4.69, 9.17) is 31.5 Å². The van der Waals surface area contributed by atoms with Crippen LogP contribution in [-0.2, 0) is 11.3 Å². The number of alkyl halides is 1. The molecule has 0 spiro atoms. The third-order valence-electron chi connectivity index (χ3n) is 5.13. The van der Waals surface area contributed by atoms with Crippen LogP contribution in [0.3, 0.4) is 0 Å². The van der Waals surface area contributed by atoms with Gasteiger partial charge in [-0.25, -0.2) is 4.79 Å². The molecule has 0 saturated heterocycles. The van der Waals surface area contributed by atoms with Crippen molar-refractivity contribution in [3.05, 3.63) is 59.2 Å². The molecular weight excluding hydrogens is 416 g/mol. The van der Waals surface area contributed by atoms with Crippen LogP contribution in [0.1, 0.15) is 54.8 Å². The van der Waals surface area contributed by atoms with Crippen molar-refractivity contribution in [1.82, 2.24) is 4.90 Å². The maximum Gasteiger partial charge on any atom is 0.316 e. The number of urea groups is 1. The number of ether oxygens (including phenoxy) is 3. The molecule has 7 heteroatoms. The van der Waals surface area contributed by atoms with Gasteiger partial charge in [0.2, 0.25) is 0 Å². The van der Waals surface area contributed by atoms with E-state index >= 15 is 0 Å². The number of benzene rings is 2. The minimum absolute atomic E-state index is 0.272. The van der Waals surface area contributed by atoms with Gasteiger partial charge in [0.1, 0.15) is 17.0 Å². The Labute approximate surface area is 189 Å². The predicted octanol–water partition coefficient (Wildman–Crippen LogP) is 5.20. The third-order valence-corrected chi connectivity index (χ3v) is 5.62. The number of carbonyl (C=O) groups excluding carboxylic acids is 1. The number of halogens is 1. The van der Waals surface area contributed by atoms with Gasteiger partial charge in [-0.1, -0.05) is 41.9 Å². The van der Waals surface area contributed by atoms with Gasteiger partial charge < -0.3 is 24.8 Å². The molecule has 3 rings (SSSR count). The van der Waals surface area contributed by atoms with Crippen LogP contribution < -0.4 is 15.2 Å². The van der Waals surface area contributed by atoms with E-state index in [1.807, 2.05) is 56.3 Å². The number of amides is 2. The Morgan fingerprint density at radius 1 is 1.13 bits per heavy atom. The van der Waals surface area contributed by atoms with Gasteiger partial charge in [0, 0.05) is 12.1 Å². The van der Waals surface area contributed by atoms with Crippen LogP contribution in [0.4, 0.5) is 4.79 Å². The van der Waals surface area contributed by atoms with Gasteiger partial charge in [0.05, 0.1) is 26.4 Å². The number of rotatable bonds is 12. The summed E-state index contributed by atoms with van der Waals surface area (Å²) in [6.45, 7) is 6.01. The quantitative estimate of drug-likeness (QED) is 0.276. The summed E-state index contributed by atoms with van der Waals surface area (Å²) in [7, 11) is 0. The zero-order valence-electron chi connectivity index (χ0n) is 18.2. The maximum absolute atomic E-state index is 12.1. The van der Waals surface area contributed by atoms with Crippen molar-refractivity contribution in [2.75, 3.05) is 26.4 Å². The second-order valence-electron chi connectivity index (χ2n) is 7.48. The first kappa shape index (κ1) is 23.2. The number of primary amides is 1. The van der Waals surface area contributed by atoms with E-state index in [0.29, 0.717) is 37.9 Å². The van der Waals surface area contributed by atoms with Crippen molar-refractivity contribution < 1.29 is 19.0 Å². The van der Waals surface area contributed by atoms with Gasteiger partial charge in [-0.3, -0.25) is 0 Å². The van der Waals surface area contributed by atoms with E-state index in [1.165, 1.54) is 4.90 Å². The van der Waals surface area contributed by atoms with Crippen molar-refractivity contribution in [3.8, 4) is 11.5 Å². The van der Waals surface area contributed by atoms with Crippen LogP contribution in [0.15, 0.2) is 42.5 Å². The highest BCUT2D eigenvalue weighted by Crippen LogP contribution is 2.50. The average molecular weight is 447 g/mol. The molecule has 31 heavy (non-hydrogen) atoms. The summed E-state index contributed by atoms with van der Waals surface area (Å²) in [6, 6.07) is 13.0. The van der Waals surface area contributed by atoms with Crippen molar-refractivity contribution in [3.63, 3.8) is 0 Å². The molecule has 0 bridgehead atoms. The molecule has 0 aromatic heterocycles. The Morgan fingerprint density at radius 2 is 1.74 bits per heavy atom. The summed E-state index contributed by atoms with van der Waals surface area (Å²) in [4.78, 5) is 13.5. The monoisotopic (exact) mass is 446 g/mol. The van der Waals surface area contributed by atoms with Gasteiger partial charge in [-0.15, -0.1) is 0 Å². The van der Waals surface area contributed by atoms with Crippen LogP contribution >= 0.6 is 11.6 Å². The minimum atomic E-state index is -0.760. The molecule has 2 aromatic carbocycles. The first-order chi connectivity index (χ1) is 15.0. The molecule has 1 fully saturated rings. The van der Waals surface area contributed by atoms with Gasteiger partial charge in [0.25, 0.3) is 0 Å². The lowest BCUT2D eigenvalue weighted by atomic mass is 10.0. The molecule has 6 nitrogen and oxygen atoms in total. The molecule has 1 saturated carbocycles. The Kier molecular flexibility index (Phi) is 8.43. The summed E-state index contributed by atoms with van der Waals surface area (Å²) >= 11 is 6.71. The summed E-state index contributed by atoms with van der Waals surface area (Å²) in [5.41, 5.74) is 7.74. The highest BCUT2D eigenvalue weighted by molar-refractivity contribution is 6.21. The molecule has 1 aliphatic rings. The van der Waals surface area contributed by atoms with Crippen LogP contribution in [0.25, 0.3) is 0 Å². The van der Waals surface area contributed by atoms with Crippen LogP contribution in [-0.4, -0.2) is 37.3 Å². The van der Waals surface area contributed by atoms with E-state index in [0.717, 1.165) is 35.5 Å². The molecule has 2 aromatic rings. The number of hydrogen-bond acceptors (Lipinski definition) is 4. The van der Waals surface area contributed by atoms with Crippen molar-refractivity contribution in [2.24, 2.45) is 5.73 Å². The van der Waals surface area contributed by atoms with Crippen molar-refractivity contribution >= 4 is 17.6 Å². The first-order valence-corrected chi connectivity index (χ1v) is 11.2. The Bertz CT molecular complexity index is 831. The standard InChI is InChI=1S/C24H31ClN2O4/c1-3-30-20-14-19(15-21(31-4-2)22(20)18-10-11-18)23(25)27(24(26)28)12-13-29-16-17-8-6-5-7-9-17/h5-9,14-15,18,23H,3-4,10-13,16H2,1-2H3,(H2,26,28). The molecule has 0 heterocycles. The molecule has 2 N–H and O–H groups in total. The summed E-state index contributed by atoms with van der Waals surface area (Å²) in [5.74, 6) is 1.98. The fourth-order valence-corrected chi connectivity index (χ4v) is 3.85. The van der Waals surface area contributed by atoms with Gasteiger partial charge in [-0.2, -0.15) is 0 Å². The molecule has 0 radical (unpaired) electrons. The fraction of sp³-hybridized carbons (Fsp3) is 0.458. The third kappa shape index (κ3) is 6.28. The van der Waals surface area contributed by atoms with E-state index in [9.17, 15) is 4.79 Å². The second kappa shape index (κ2) is 11.3. The maximum atomic E-state index is 12.1. The number of nitrogens with two attached hydrogens (primary N) is 1. The summed E-state index contributed by atoms with van der Waals surface area (Å²) < 4.78 is 17.5. The Morgan fingerprint density at radius 3 is 2.26 bits per heavy atom.